The number of esters is 1. The van der Waals surface area contributed by atoms with E-state index in [1.165, 1.54) is 6.08 Å². The number of rotatable bonds is 11. The Labute approximate surface area is 210 Å². The van der Waals surface area contributed by atoms with Crippen LogP contribution in [0, 0.1) is 24.4 Å². The second-order valence-electron chi connectivity index (χ2n) is 9.19. The van der Waals surface area contributed by atoms with Crippen LogP contribution in [0.2, 0.25) is 0 Å². The predicted octanol–water partition coefficient (Wildman–Crippen LogP) is 5.13. The molecule has 1 aliphatic heterocycles. The van der Waals surface area contributed by atoms with E-state index in [2.05, 4.69) is 4.90 Å². The van der Waals surface area contributed by atoms with E-state index < -0.39 is 29.8 Å². The molecule has 0 amide bonds. The SMILES string of the molecule is CCOC(=O)/C=C/c1cc(F)c(F)cc1[C@@H](C)OC[C@H](O)CN1CCC[C@H]1Cc1ccc(C)c(F)c1. The summed E-state index contributed by atoms with van der Waals surface area (Å²) < 4.78 is 52.4. The molecule has 0 aromatic heterocycles. The van der Waals surface area contributed by atoms with E-state index in [4.69, 9.17) is 9.47 Å². The van der Waals surface area contributed by atoms with Gasteiger partial charge in [-0.05, 0) is 93.1 Å². The summed E-state index contributed by atoms with van der Waals surface area (Å²) in [5.41, 5.74) is 2.18. The number of aliphatic hydroxyl groups is 1. The summed E-state index contributed by atoms with van der Waals surface area (Å²) in [5.74, 6) is -2.87. The molecule has 0 radical (unpaired) electrons. The standard InChI is InChI=1S/C28H34F3NO4/c1-4-35-28(34)10-9-21-14-26(30)27(31)15-24(21)19(3)36-17-23(33)16-32-11-5-6-22(32)12-20-8-7-18(2)25(29)13-20/h7-10,13-15,19,22-23,33H,4-6,11-12,16-17H2,1-3H3/b10-9+/t19-,22+,23-/m1/s1. The molecule has 5 nitrogen and oxygen atoms in total. The molecule has 1 N–H and O–H groups in total. The van der Waals surface area contributed by atoms with Gasteiger partial charge in [0.25, 0.3) is 0 Å². The van der Waals surface area contributed by atoms with Gasteiger partial charge in [-0.25, -0.2) is 18.0 Å². The molecule has 1 fully saturated rings. The topological polar surface area (TPSA) is 59.0 Å². The van der Waals surface area contributed by atoms with E-state index in [1.54, 1.807) is 32.9 Å². The van der Waals surface area contributed by atoms with Gasteiger partial charge in [0.1, 0.15) is 5.82 Å². The molecule has 0 bridgehead atoms. The lowest BCUT2D eigenvalue weighted by Crippen LogP contribution is -2.39. The summed E-state index contributed by atoms with van der Waals surface area (Å²) in [6.45, 7) is 6.48. The smallest absolute Gasteiger partial charge is 0.330 e. The number of likely N-dealkylation sites (tertiary alicyclic amines) is 1. The Hall–Kier alpha value is -2.68. The third kappa shape index (κ3) is 7.66. The Balaban J connectivity index is 1.59. The zero-order valence-corrected chi connectivity index (χ0v) is 21.0. The van der Waals surface area contributed by atoms with E-state index in [1.807, 2.05) is 6.07 Å². The molecule has 0 spiro atoms. The molecule has 8 heteroatoms. The minimum Gasteiger partial charge on any atom is -0.463 e. The first-order valence-corrected chi connectivity index (χ1v) is 12.3. The third-order valence-electron chi connectivity index (χ3n) is 6.44. The molecule has 36 heavy (non-hydrogen) atoms. The van der Waals surface area contributed by atoms with Crippen LogP contribution in [0.4, 0.5) is 13.2 Å². The maximum atomic E-state index is 14.0. The highest BCUT2D eigenvalue weighted by molar-refractivity contribution is 5.87. The van der Waals surface area contributed by atoms with Crippen LogP contribution >= 0.6 is 0 Å². The number of carbonyl (C=O) groups excluding carboxylic acids is 1. The van der Waals surface area contributed by atoms with Crippen molar-refractivity contribution in [1.29, 1.82) is 0 Å². The van der Waals surface area contributed by atoms with E-state index in [0.717, 1.165) is 43.2 Å². The van der Waals surface area contributed by atoms with Crippen LogP contribution in [0.15, 0.2) is 36.4 Å². The van der Waals surface area contributed by atoms with Crippen LogP contribution < -0.4 is 0 Å². The zero-order chi connectivity index (χ0) is 26.2. The van der Waals surface area contributed by atoms with Gasteiger partial charge in [-0.3, -0.25) is 4.90 Å². The van der Waals surface area contributed by atoms with Gasteiger partial charge in [0.15, 0.2) is 11.6 Å². The number of nitrogens with zero attached hydrogens (tertiary/aromatic N) is 1. The van der Waals surface area contributed by atoms with Crippen LogP contribution in [0.1, 0.15) is 55.0 Å². The van der Waals surface area contributed by atoms with Gasteiger partial charge < -0.3 is 14.6 Å². The molecule has 2 aromatic carbocycles. The molecule has 0 saturated carbocycles. The fourth-order valence-electron chi connectivity index (χ4n) is 4.49. The molecule has 196 valence electrons. The second-order valence-corrected chi connectivity index (χ2v) is 9.19. The van der Waals surface area contributed by atoms with Crippen molar-refractivity contribution in [2.45, 2.75) is 58.3 Å². The minimum atomic E-state index is -1.04. The van der Waals surface area contributed by atoms with Gasteiger partial charge in [-0.2, -0.15) is 0 Å². The molecule has 0 unspecified atom stereocenters. The number of aryl methyl sites for hydroxylation is 1. The van der Waals surface area contributed by atoms with Gasteiger partial charge in [-0.15, -0.1) is 0 Å². The Morgan fingerprint density at radius 2 is 1.94 bits per heavy atom. The molecular weight excluding hydrogens is 471 g/mol. The lowest BCUT2D eigenvalue weighted by atomic mass is 10.0. The first-order chi connectivity index (χ1) is 17.2. The number of ether oxygens (including phenoxy) is 2. The fourth-order valence-corrected chi connectivity index (χ4v) is 4.49. The van der Waals surface area contributed by atoms with E-state index in [-0.39, 0.29) is 30.6 Å². The highest BCUT2D eigenvalue weighted by atomic mass is 19.2. The third-order valence-corrected chi connectivity index (χ3v) is 6.44. The normalized spacial score (nSPS) is 18.0. The molecular formula is C28H34F3NO4. The molecule has 2 aromatic rings. The quantitative estimate of drug-likeness (QED) is 0.339. The summed E-state index contributed by atoms with van der Waals surface area (Å²) in [6, 6.07) is 7.52. The van der Waals surface area contributed by atoms with Gasteiger partial charge in [-0.1, -0.05) is 12.1 Å². The summed E-state index contributed by atoms with van der Waals surface area (Å²) >= 11 is 0. The number of benzene rings is 2. The maximum Gasteiger partial charge on any atom is 0.330 e. The van der Waals surface area contributed by atoms with Crippen molar-refractivity contribution in [1.82, 2.24) is 4.90 Å². The second kappa shape index (κ2) is 13.0. The molecule has 0 aliphatic carbocycles. The number of aliphatic hydroxyl groups excluding tert-OH is 1. The summed E-state index contributed by atoms with van der Waals surface area (Å²) in [6.07, 6.45) is 3.70. The Morgan fingerprint density at radius 3 is 2.67 bits per heavy atom. The van der Waals surface area contributed by atoms with Crippen molar-refractivity contribution in [3.8, 4) is 0 Å². The lowest BCUT2D eigenvalue weighted by molar-refractivity contribution is -0.137. The number of β-amino-alcohol motifs (C(OH)–C–C–N with tert-alkyl or cyclic N) is 1. The number of carbonyl (C=O) groups is 1. The van der Waals surface area contributed by atoms with Crippen LogP contribution in [-0.4, -0.2) is 54.4 Å². The maximum absolute atomic E-state index is 14.0. The van der Waals surface area contributed by atoms with Crippen molar-refractivity contribution in [2.75, 3.05) is 26.3 Å². The van der Waals surface area contributed by atoms with Crippen LogP contribution in [0.3, 0.4) is 0 Å². The van der Waals surface area contributed by atoms with E-state index >= 15 is 0 Å². The Bertz CT molecular complexity index is 1080. The molecule has 3 atom stereocenters. The Kier molecular flexibility index (Phi) is 10.1. The molecule has 3 rings (SSSR count). The number of hydrogen-bond acceptors (Lipinski definition) is 5. The zero-order valence-electron chi connectivity index (χ0n) is 21.0. The van der Waals surface area contributed by atoms with Gasteiger partial charge in [0.05, 0.1) is 25.4 Å². The van der Waals surface area contributed by atoms with Crippen LogP contribution in [0.5, 0.6) is 0 Å². The summed E-state index contributed by atoms with van der Waals surface area (Å²) in [4.78, 5) is 13.8. The highest BCUT2D eigenvalue weighted by Gasteiger charge is 2.27. The lowest BCUT2D eigenvalue weighted by Gasteiger charge is -2.27. The monoisotopic (exact) mass is 505 g/mol. The predicted molar refractivity (Wildman–Crippen MR) is 132 cm³/mol. The number of hydrogen-bond donors (Lipinski definition) is 1. The van der Waals surface area contributed by atoms with E-state index in [0.29, 0.717) is 24.1 Å². The van der Waals surface area contributed by atoms with Crippen molar-refractivity contribution in [2.24, 2.45) is 0 Å². The van der Waals surface area contributed by atoms with Gasteiger partial charge in [0.2, 0.25) is 0 Å². The van der Waals surface area contributed by atoms with Gasteiger partial charge in [0, 0.05) is 18.7 Å². The molecule has 1 saturated heterocycles. The van der Waals surface area contributed by atoms with Crippen molar-refractivity contribution in [3.05, 3.63) is 76.1 Å². The van der Waals surface area contributed by atoms with Crippen LogP contribution in [-0.2, 0) is 20.7 Å². The van der Waals surface area contributed by atoms with E-state index in [9.17, 15) is 23.1 Å². The fraction of sp³-hybridized carbons (Fsp3) is 0.464. The van der Waals surface area contributed by atoms with Crippen molar-refractivity contribution in [3.63, 3.8) is 0 Å². The molecule has 1 aliphatic rings. The van der Waals surface area contributed by atoms with Gasteiger partial charge >= 0.3 is 5.97 Å². The first kappa shape index (κ1) is 27.9. The average molecular weight is 506 g/mol. The largest absolute Gasteiger partial charge is 0.463 e. The van der Waals surface area contributed by atoms with Crippen molar-refractivity contribution < 1.29 is 32.5 Å². The summed E-state index contributed by atoms with van der Waals surface area (Å²) in [5, 5.41) is 10.6. The van der Waals surface area contributed by atoms with Crippen LogP contribution in [0.25, 0.3) is 6.08 Å². The van der Waals surface area contributed by atoms with Crippen molar-refractivity contribution >= 4 is 12.0 Å². The number of halogens is 3. The first-order valence-electron chi connectivity index (χ1n) is 12.3. The minimum absolute atomic E-state index is 0.0103. The Morgan fingerprint density at radius 1 is 1.19 bits per heavy atom. The molecule has 1 heterocycles. The highest BCUT2D eigenvalue weighted by Crippen LogP contribution is 2.26. The summed E-state index contributed by atoms with van der Waals surface area (Å²) in [7, 11) is 0. The average Bonchev–Trinajstić information content (AvgIpc) is 3.26.